The maximum Gasteiger partial charge on any atom is 0.306 e. The minimum Gasteiger partial charge on any atom is -1.00 e. The van der Waals surface area contributed by atoms with Crippen molar-refractivity contribution >= 4 is 5.97 Å². The average molecular weight is 528 g/mol. The van der Waals surface area contributed by atoms with Crippen LogP contribution in [0, 0.1) is 0 Å². The monoisotopic (exact) mass is 527 g/mol. The molecule has 0 aliphatic rings. The fourth-order valence-electron chi connectivity index (χ4n) is 2.22. The summed E-state index contributed by atoms with van der Waals surface area (Å²) in [6, 6.07) is 0. The maximum absolute atomic E-state index is 11.6. The Bertz CT molecular complexity index is 578. The van der Waals surface area contributed by atoms with Crippen molar-refractivity contribution in [2.45, 2.75) is 51.9 Å². The zero-order valence-corrected chi connectivity index (χ0v) is 21.6. The van der Waals surface area contributed by atoms with Crippen LogP contribution in [0.5, 0.6) is 0 Å². The highest BCUT2D eigenvalue weighted by Crippen LogP contribution is 1.99. The molecule has 0 N–H and O–H groups in total. The summed E-state index contributed by atoms with van der Waals surface area (Å²) in [6.45, 7) is 3.37. The molecule has 0 aromatic heterocycles. The van der Waals surface area contributed by atoms with Gasteiger partial charge in [0.2, 0.25) is 0 Å². The third kappa shape index (κ3) is 26.6. The van der Waals surface area contributed by atoms with Gasteiger partial charge >= 0.3 is 5.97 Å². The zero-order valence-electron chi connectivity index (χ0n) is 19.4. The first-order valence-electron chi connectivity index (χ1n) is 10.8. The molecule has 0 aliphatic heterocycles. The van der Waals surface area contributed by atoms with Crippen LogP contribution in [-0.4, -0.2) is 44.7 Å². The third-order valence-corrected chi connectivity index (χ3v) is 3.97. The summed E-state index contributed by atoms with van der Waals surface area (Å²) >= 11 is 0. The lowest BCUT2D eigenvalue weighted by molar-refractivity contribution is -0.870. The Hall–Kier alpha value is -1.40. The van der Waals surface area contributed by atoms with Gasteiger partial charge in [0.1, 0.15) is 13.2 Å². The van der Waals surface area contributed by atoms with Gasteiger partial charge in [-0.3, -0.25) is 4.79 Å². The van der Waals surface area contributed by atoms with Gasteiger partial charge in [0.05, 0.1) is 21.1 Å². The van der Waals surface area contributed by atoms with Crippen LogP contribution >= 0.6 is 0 Å². The number of likely N-dealkylation sites (N-methyl/N-ethyl adjacent to an activating group) is 1. The van der Waals surface area contributed by atoms with Gasteiger partial charge in [-0.1, -0.05) is 72.9 Å². The van der Waals surface area contributed by atoms with E-state index in [1.165, 1.54) is 0 Å². The van der Waals surface area contributed by atoms with Gasteiger partial charge in [-0.2, -0.15) is 0 Å². The normalized spacial score (nSPS) is 12.9. The van der Waals surface area contributed by atoms with Gasteiger partial charge in [0, 0.05) is 6.42 Å². The molecule has 0 atom stereocenters. The van der Waals surface area contributed by atoms with Crippen molar-refractivity contribution in [1.82, 2.24) is 0 Å². The van der Waals surface area contributed by atoms with E-state index < -0.39 is 0 Å². The molecule has 0 aliphatic carbocycles. The molecule has 30 heavy (non-hydrogen) atoms. The molecule has 0 radical (unpaired) electrons. The average Bonchev–Trinajstić information content (AvgIpc) is 2.66. The third-order valence-electron chi connectivity index (χ3n) is 3.97. The van der Waals surface area contributed by atoms with Crippen LogP contribution in [0.4, 0.5) is 0 Å². The molecule has 4 heteroatoms. The lowest BCUT2D eigenvalue weighted by atomic mass is 10.2. The van der Waals surface area contributed by atoms with Crippen LogP contribution in [0.1, 0.15) is 51.9 Å². The van der Waals surface area contributed by atoms with E-state index in [9.17, 15) is 4.79 Å². The Balaban J connectivity index is 0. The number of esters is 1. The van der Waals surface area contributed by atoms with E-state index in [2.05, 4.69) is 94.1 Å². The molecule has 0 aromatic rings. The predicted molar refractivity (Wildman–Crippen MR) is 127 cm³/mol. The fraction of sp³-hybridized carbons (Fsp3) is 0.500. The number of rotatable bonds is 16. The topological polar surface area (TPSA) is 26.3 Å². The second-order valence-corrected chi connectivity index (χ2v) is 7.88. The van der Waals surface area contributed by atoms with Crippen molar-refractivity contribution in [1.29, 1.82) is 0 Å². The first kappa shape index (κ1) is 30.8. The Labute approximate surface area is 202 Å². The van der Waals surface area contributed by atoms with Crippen molar-refractivity contribution in [3.05, 3.63) is 72.9 Å². The molecule has 0 heterocycles. The molecule has 0 fully saturated rings. The van der Waals surface area contributed by atoms with Crippen molar-refractivity contribution in [3.8, 4) is 0 Å². The van der Waals surface area contributed by atoms with E-state index in [1.807, 2.05) is 6.92 Å². The Morgan fingerprint density at radius 1 is 0.700 bits per heavy atom. The van der Waals surface area contributed by atoms with Crippen LogP contribution in [0.25, 0.3) is 0 Å². The number of halogens is 1. The first-order chi connectivity index (χ1) is 14.0. The number of ether oxygens (including phenoxy) is 1. The molecule has 0 rings (SSSR count). The number of allylic oxidation sites excluding steroid dienone is 12. The number of carbonyl (C=O) groups excluding carboxylic acids is 1. The second kappa shape index (κ2) is 22.3. The van der Waals surface area contributed by atoms with E-state index >= 15 is 0 Å². The molecule has 0 aromatic carbocycles. The van der Waals surface area contributed by atoms with Gasteiger partial charge in [-0.25, -0.2) is 0 Å². The fourth-order valence-corrected chi connectivity index (χ4v) is 2.22. The highest BCUT2D eigenvalue weighted by molar-refractivity contribution is 5.69. The number of nitrogens with zero attached hydrogens (tertiary/aromatic N) is 1. The molecular formula is C26H42INO2. The molecule has 0 saturated carbocycles. The minimum atomic E-state index is -0.109. The molecular weight excluding hydrogens is 485 g/mol. The Kier molecular flexibility index (Phi) is 22.9. The molecule has 0 amide bonds. The van der Waals surface area contributed by atoms with E-state index in [-0.39, 0.29) is 29.9 Å². The van der Waals surface area contributed by atoms with Gasteiger partial charge < -0.3 is 33.2 Å². The van der Waals surface area contributed by atoms with Crippen LogP contribution in [0.2, 0.25) is 0 Å². The molecule has 3 nitrogen and oxygen atoms in total. The smallest absolute Gasteiger partial charge is 0.306 e. The molecule has 0 unspecified atom stereocenters. The van der Waals surface area contributed by atoms with Crippen LogP contribution in [0.15, 0.2) is 72.9 Å². The molecule has 170 valence electrons. The van der Waals surface area contributed by atoms with Crippen molar-refractivity contribution in [2.24, 2.45) is 0 Å². The number of hydrogen-bond donors (Lipinski definition) is 0. The lowest BCUT2D eigenvalue weighted by Crippen LogP contribution is -3.00. The maximum atomic E-state index is 11.6. The Morgan fingerprint density at radius 2 is 1.10 bits per heavy atom. The van der Waals surface area contributed by atoms with E-state index in [0.717, 1.165) is 49.6 Å². The summed E-state index contributed by atoms with van der Waals surface area (Å²) in [5.74, 6) is -0.109. The number of quaternary nitrogens is 1. The number of carbonyl (C=O) groups is 1. The second-order valence-electron chi connectivity index (χ2n) is 7.88. The summed E-state index contributed by atoms with van der Waals surface area (Å²) in [6.07, 6.45) is 32.0. The first-order valence-corrected chi connectivity index (χ1v) is 10.8. The van der Waals surface area contributed by atoms with Gasteiger partial charge in [-0.05, 0) is 45.4 Å². The van der Waals surface area contributed by atoms with E-state index in [4.69, 9.17) is 4.74 Å². The van der Waals surface area contributed by atoms with E-state index in [1.54, 1.807) is 0 Å². The summed E-state index contributed by atoms with van der Waals surface area (Å²) < 4.78 is 6.04. The standard InChI is InChI=1S/C26H42NO2.HI/c1-5-6-7-8-9-10-11-12-13-14-15-16-17-18-19-20-21-22-23-26(28)29-25-24-27(2,3)4;/h5-6,8-9,11-12,14-15,17-18,20-21H,7,10,13,16,19,22-25H2,1-4H3;1H/q+1;/p-1/b6-5-,9-8-,12-11-,15-14-,18-17-,21-20-;. The number of hydrogen-bond acceptors (Lipinski definition) is 2. The molecule has 0 saturated heterocycles. The predicted octanol–water partition coefficient (Wildman–Crippen LogP) is 3.33. The van der Waals surface area contributed by atoms with Gasteiger partial charge in [0.25, 0.3) is 0 Å². The quantitative estimate of drug-likeness (QED) is 0.133. The molecule has 0 spiro atoms. The van der Waals surface area contributed by atoms with Crippen molar-refractivity contribution in [3.63, 3.8) is 0 Å². The summed E-state index contributed by atoms with van der Waals surface area (Å²) in [7, 11) is 6.26. The van der Waals surface area contributed by atoms with Crippen LogP contribution < -0.4 is 24.0 Å². The molecule has 0 bridgehead atoms. The summed E-state index contributed by atoms with van der Waals surface area (Å²) in [5.41, 5.74) is 0. The summed E-state index contributed by atoms with van der Waals surface area (Å²) in [4.78, 5) is 11.6. The highest BCUT2D eigenvalue weighted by atomic mass is 127. The SMILES string of the molecule is C/C=C\C/C=C\C/C=C\C/C=C\C/C=C\C/C=C\CCC(=O)OCC[N+](C)(C)C.[I-]. The van der Waals surface area contributed by atoms with Crippen LogP contribution in [-0.2, 0) is 9.53 Å². The highest BCUT2D eigenvalue weighted by Gasteiger charge is 2.08. The van der Waals surface area contributed by atoms with Crippen LogP contribution in [0.3, 0.4) is 0 Å². The van der Waals surface area contributed by atoms with Gasteiger partial charge in [0.15, 0.2) is 0 Å². The van der Waals surface area contributed by atoms with E-state index in [0.29, 0.717) is 13.0 Å². The zero-order chi connectivity index (χ0) is 21.6. The van der Waals surface area contributed by atoms with Crippen molar-refractivity contribution in [2.75, 3.05) is 34.3 Å². The minimum absolute atomic E-state index is 0. The largest absolute Gasteiger partial charge is 1.00 e. The summed E-state index contributed by atoms with van der Waals surface area (Å²) in [5, 5.41) is 0. The van der Waals surface area contributed by atoms with Gasteiger partial charge in [-0.15, -0.1) is 0 Å². The lowest BCUT2D eigenvalue weighted by Gasteiger charge is -2.23. The Morgan fingerprint density at radius 3 is 1.50 bits per heavy atom. The van der Waals surface area contributed by atoms with Crippen molar-refractivity contribution < 1.29 is 38.0 Å².